The molecule has 36 heavy (non-hydrogen) atoms. The van der Waals surface area contributed by atoms with Crippen LogP contribution in [0.1, 0.15) is 12.6 Å². The zero-order valence-electron chi connectivity index (χ0n) is 19.3. The van der Waals surface area contributed by atoms with Crippen LogP contribution in [-0.4, -0.2) is 101 Å². The zero-order valence-corrected chi connectivity index (χ0v) is 19.3. The molecule has 0 bridgehead atoms. The Morgan fingerprint density at radius 1 is 1.03 bits per heavy atom. The molecule has 16 nitrogen and oxygen atoms in total. The van der Waals surface area contributed by atoms with E-state index in [0.717, 1.165) is 6.42 Å². The van der Waals surface area contributed by atoms with Gasteiger partial charge in [0, 0.05) is 6.61 Å². The maximum absolute atomic E-state index is 12.2. The van der Waals surface area contributed by atoms with Gasteiger partial charge in [0.15, 0.2) is 35.4 Å². The summed E-state index contributed by atoms with van der Waals surface area (Å²) in [5, 5.41) is 3.28. The molecule has 2 aromatic heterocycles. The normalized spacial score (nSPS) is 25.6. The molecule has 2 aliphatic rings. The maximum Gasteiger partial charge on any atom is 0.320 e. The molecule has 2 aliphatic heterocycles. The second-order valence-electron chi connectivity index (χ2n) is 8.02. The van der Waals surface area contributed by atoms with Crippen molar-refractivity contribution in [2.75, 3.05) is 44.8 Å². The molecule has 16 heteroatoms. The number of esters is 3. The molecule has 1 unspecified atom stereocenters. The van der Waals surface area contributed by atoms with Gasteiger partial charge in [0.2, 0.25) is 0 Å². The van der Waals surface area contributed by atoms with Crippen molar-refractivity contribution in [2.45, 2.75) is 37.0 Å². The SMILES string of the molecule is NCC(=O)OC[C@H]1OC(n2cnc3c(N[C@@H]4CCOC4)ncnc32)[C@H](OC(=O)CN)[C@@H]1OC(=O)CN. The zero-order chi connectivity index (χ0) is 25.7. The minimum absolute atomic E-state index is 0.0657. The van der Waals surface area contributed by atoms with Gasteiger partial charge < -0.3 is 46.2 Å². The third-order valence-corrected chi connectivity index (χ3v) is 5.63. The predicted molar refractivity (Wildman–Crippen MR) is 120 cm³/mol. The van der Waals surface area contributed by atoms with Crippen LogP contribution < -0.4 is 22.5 Å². The van der Waals surface area contributed by atoms with Crippen LogP contribution in [0.2, 0.25) is 0 Å². The Morgan fingerprint density at radius 3 is 2.42 bits per heavy atom. The van der Waals surface area contributed by atoms with Crippen LogP contribution in [-0.2, 0) is 38.1 Å². The van der Waals surface area contributed by atoms with Crippen LogP contribution in [0.25, 0.3) is 11.2 Å². The van der Waals surface area contributed by atoms with Crippen molar-refractivity contribution >= 4 is 34.9 Å². The lowest BCUT2D eigenvalue weighted by Crippen LogP contribution is -2.43. The van der Waals surface area contributed by atoms with E-state index in [9.17, 15) is 14.4 Å². The second-order valence-corrected chi connectivity index (χ2v) is 8.02. The average molecular weight is 508 g/mol. The smallest absolute Gasteiger partial charge is 0.320 e. The van der Waals surface area contributed by atoms with Crippen LogP contribution in [0.4, 0.5) is 5.82 Å². The van der Waals surface area contributed by atoms with E-state index in [-0.39, 0.29) is 19.2 Å². The van der Waals surface area contributed by atoms with E-state index in [1.807, 2.05) is 0 Å². The number of ether oxygens (including phenoxy) is 5. The Labute approximate surface area is 204 Å². The molecule has 0 aliphatic carbocycles. The van der Waals surface area contributed by atoms with Gasteiger partial charge in [0.25, 0.3) is 0 Å². The number of carbonyl (C=O) groups is 3. The van der Waals surface area contributed by atoms with Gasteiger partial charge in [0.05, 0.1) is 38.6 Å². The van der Waals surface area contributed by atoms with Crippen molar-refractivity contribution in [3.63, 3.8) is 0 Å². The van der Waals surface area contributed by atoms with Crippen LogP contribution >= 0.6 is 0 Å². The van der Waals surface area contributed by atoms with Crippen LogP contribution in [0.15, 0.2) is 12.7 Å². The molecular formula is C20H28N8O8. The summed E-state index contributed by atoms with van der Waals surface area (Å²) < 4.78 is 29.0. The van der Waals surface area contributed by atoms with Gasteiger partial charge in [-0.05, 0) is 6.42 Å². The topological polar surface area (TPSA) is 231 Å². The monoisotopic (exact) mass is 508 g/mol. The van der Waals surface area contributed by atoms with E-state index in [1.54, 1.807) is 0 Å². The molecule has 0 aromatic carbocycles. The molecule has 7 N–H and O–H groups in total. The minimum Gasteiger partial charge on any atom is -0.462 e. The Balaban J connectivity index is 1.68. The molecule has 0 amide bonds. The van der Waals surface area contributed by atoms with E-state index >= 15 is 0 Å². The summed E-state index contributed by atoms with van der Waals surface area (Å²) in [6.07, 6.45) is -0.873. The number of carbonyl (C=O) groups excluding carboxylic acids is 3. The summed E-state index contributed by atoms with van der Waals surface area (Å²) in [4.78, 5) is 48.9. The van der Waals surface area contributed by atoms with Crippen molar-refractivity contribution in [3.05, 3.63) is 12.7 Å². The molecule has 0 radical (unpaired) electrons. The van der Waals surface area contributed by atoms with Crippen molar-refractivity contribution in [1.29, 1.82) is 0 Å². The van der Waals surface area contributed by atoms with Gasteiger partial charge >= 0.3 is 17.9 Å². The lowest BCUT2D eigenvalue weighted by atomic mass is 10.1. The summed E-state index contributed by atoms with van der Waals surface area (Å²) in [5.74, 6) is -1.77. The first-order chi connectivity index (χ1) is 17.4. The van der Waals surface area contributed by atoms with Crippen LogP contribution in [0.3, 0.4) is 0 Å². The summed E-state index contributed by atoms with van der Waals surface area (Å²) in [7, 11) is 0. The number of fused-ring (bicyclic) bond motifs is 1. The van der Waals surface area contributed by atoms with Gasteiger partial charge in [-0.3, -0.25) is 19.0 Å². The van der Waals surface area contributed by atoms with Crippen molar-refractivity contribution in [1.82, 2.24) is 19.5 Å². The van der Waals surface area contributed by atoms with Gasteiger partial charge in [-0.25, -0.2) is 15.0 Å². The molecule has 4 heterocycles. The van der Waals surface area contributed by atoms with E-state index in [4.69, 9.17) is 40.9 Å². The fraction of sp³-hybridized carbons (Fsp3) is 0.600. The number of hydrogen-bond donors (Lipinski definition) is 4. The van der Waals surface area contributed by atoms with Gasteiger partial charge in [0.1, 0.15) is 19.0 Å². The molecule has 0 spiro atoms. The number of rotatable bonds is 10. The molecule has 2 saturated heterocycles. The number of nitrogens with one attached hydrogen (secondary N) is 1. The average Bonchev–Trinajstić information content (AvgIpc) is 3.63. The van der Waals surface area contributed by atoms with E-state index in [2.05, 4.69) is 20.3 Å². The Bertz CT molecular complexity index is 1090. The second kappa shape index (κ2) is 11.5. The highest BCUT2D eigenvalue weighted by Gasteiger charge is 2.51. The highest BCUT2D eigenvalue weighted by molar-refractivity contribution is 5.83. The van der Waals surface area contributed by atoms with Crippen molar-refractivity contribution < 1.29 is 38.1 Å². The Kier molecular flexibility index (Phi) is 8.21. The first-order valence-electron chi connectivity index (χ1n) is 11.3. The van der Waals surface area contributed by atoms with Gasteiger partial charge in [-0.2, -0.15) is 0 Å². The third kappa shape index (κ3) is 5.52. The van der Waals surface area contributed by atoms with E-state index in [0.29, 0.717) is 30.2 Å². The van der Waals surface area contributed by atoms with Crippen molar-refractivity contribution in [2.24, 2.45) is 17.2 Å². The first-order valence-corrected chi connectivity index (χ1v) is 11.3. The molecule has 2 fully saturated rings. The molecule has 2 aromatic rings. The molecule has 4 rings (SSSR count). The summed E-state index contributed by atoms with van der Waals surface area (Å²) >= 11 is 0. The van der Waals surface area contributed by atoms with Crippen molar-refractivity contribution in [3.8, 4) is 0 Å². The Hall–Kier alpha value is -3.44. The van der Waals surface area contributed by atoms with Gasteiger partial charge in [-0.15, -0.1) is 0 Å². The minimum atomic E-state index is -1.19. The summed E-state index contributed by atoms with van der Waals surface area (Å²) in [6.45, 7) is -0.384. The largest absolute Gasteiger partial charge is 0.462 e. The fourth-order valence-electron chi connectivity index (χ4n) is 3.95. The lowest BCUT2D eigenvalue weighted by molar-refractivity contribution is -0.167. The molecule has 5 atom stereocenters. The number of imidazole rings is 1. The number of aromatic nitrogens is 4. The number of nitrogens with two attached hydrogens (primary N) is 3. The Morgan fingerprint density at radius 2 is 1.75 bits per heavy atom. The maximum atomic E-state index is 12.2. The van der Waals surface area contributed by atoms with E-state index in [1.165, 1.54) is 17.2 Å². The quantitative estimate of drug-likeness (QED) is 0.187. The molecular weight excluding hydrogens is 480 g/mol. The highest BCUT2D eigenvalue weighted by atomic mass is 16.7. The lowest BCUT2D eigenvalue weighted by Gasteiger charge is -2.24. The summed E-state index contributed by atoms with van der Waals surface area (Å²) in [5.41, 5.74) is 16.9. The van der Waals surface area contributed by atoms with E-state index < -0.39 is 55.5 Å². The standard InChI is InChI=1S/C20H28N8O8/c21-3-12(29)33-7-11-16(35-13(30)4-22)17(36-14(31)5-23)20(34-11)28-9-26-15-18(24-8-25-19(15)28)27-10-1-2-32-6-10/h8-11,16-17,20H,1-7,21-23H2,(H,24,25,27)/t10-,11-,16-,17-,20?/m1/s1. The highest BCUT2D eigenvalue weighted by Crippen LogP contribution is 2.36. The molecule has 0 saturated carbocycles. The first kappa shape index (κ1) is 25.6. The van der Waals surface area contributed by atoms with Crippen LogP contribution in [0.5, 0.6) is 0 Å². The third-order valence-electron chi connectivity index (χ3n) is 5.63. The number of hydrogen-bond acceptors (Lipinski definition) is 15. The number of nitrogens with zero attached hydrogens (tertiary/aromatic N) is 4. The molecule has 196 valence electrons. The van der Waals surface area contributed by atoms with Gasteiger partial charge in [-0.1, -0.05) is 0 Å². The van der Waals surface area contributed by atoms with Crippen LogP contribution in [0, 0.1) is 0 Å². The predicted octanol–water partition coefficient (Wildman–Crippen LogP) is -2.83. The number of anilines is 1. The summed E-state index contributed by atoms with van der Waals surface area (Å²) in [6, 6.07) is 0.0657. The fourth-order valence-corrected chi connectivity index (χ4v) is 3.95.